The van der Waals surface area contributed by atoms with Gasteiger partial charge >= 0.3 is 11.9 Å². The zero-order valence-electron chi connectivity index (χ0n) is 10.0. The van der Waals surface area contributed by atoms with Crippen molar-refractivity contribution in [3.8, 4) is 0 Å². The van der Waals surface area contributed by atoms with Crippen molar-refractivity contribution in [1.82, 2.24) is 0 Å². The van der Waals surface area contributed by atoms with Crippen LogP contribution < -0.4 is 0 Å². The lowest BCUT2D eigenvalue weighted by Crippen LogP contribution is -2.21. The average Bonchev–Trinajstić information content (AvgIpc) is 2.31. The van der Waals surface area contributed by atoms with Gasteiger partial charge in [0.2, 0.25) is 0 Å². The number of carboxylic acid groups (broad SMARTS) is 1. The van der Waals surface area contributed by atoms with Crippen molar-refractivity contribution in [3.63, 3.8) is 0 Å². The normalized spacial score (nSPS) is 11.7. The molecule has 0 saturated carbocycles. The molecule has 0 aromatic rings. The maximum Gasteiger partial charge on any atom is 0.331 e. The minimum absolute atomic E-state index is 0.0994. The van der Waals surface area contributed by atoms with E-state index >= 15 is 0 Å². The minimum Gasteiger partial charge on any atom is -0.478 e. The molecule has 17 heavy (non-hydrogen) atoms. The molecule has 0 aliphatic heterocycles. The van der Waals surface area contributed by atoms with Crippen LogP contribution >= 0.6 is 0 Å². The van der Waals surface area contributed by atoms with E-state index in [9.17, 15) is 9.59 Å². The van der Waals surface area contributed by atoms with E-state index in [-0.39, 0.29) is 12.5 Å². The molecule has 0 unspecified atom stereocenters. The fourth-order valence-corrected chi connectivity index (χ4v) is 2.40. The molecule has 0 bridgehead atoms. The third kappa shape index (κ3) is 9.73. The highest BCUT2D eigenvalue weighted by Crippen LogP contribution is 1.97. The number of ether oxygens (including phenoxy) is 3. The van der Waals surface area contributed by atoms with Gasteiger partial charge in [0.25, 0.3) is 0 Å². The Balaban J connectivity index is 3.51. The summed E-state index contributed by atoms with van der Waals surface area (Å²) in [6, 6.07) is 0.933. The summed E-state index contributed by atoms with van der Waals surface area (Å²) in [5.41, 5.74) is 0. The Morgan fingerprint density at radius 2 is 1.94 bits per heavy atom. The lowest BCUT2D eigenvalue weighted by Gasteiger charge is -2.11. The number of methoxy groups -OCH3 is 2. The van der Waals surface area contributed by atoms with Crippen LogP contribution in [0.5, 0.6) is 0 Å². The monoisotopic (exact) mass is 262 g/mol. The molecule has 0 fully saturated rings. The topological polar surface area (TPSA) is 82.1 Å². The van der Waals surface area contributed by atoms with Crippen LogP contribution in [0.3, 0.4) is 0 Å². The van der Waals surface area contributed by atoms with E-state index in [1.165, 1.54) is 0 Å². The third-order valence-electron chi connectivity index (χ3n) is 1.97. The van der Waals surface area contributed by atoms with Gasteiger partial charge in [-0.25, -0.2) is 9.59 Å². The highest BCUT2D eigenvalue weighted by molar-refractivity contribution is 6.36. The highest BCUT2D eigenvalue weighted by Gasteiger charge is 2.05. The molecule has 0 aliphatic rings. The number of hydrogen-bond acceptors (Lipinski definition) is 5. The van der Waals surface area contributed by atoms with Crippen LogP contribution in [0, 0.1) is 0 Å². The summed E-state index contributed by atoms with van der Waals surface area (Å²) in [5.74, 6) is -1.90. The average molecular weight is 262 g/mol. The molecule has 0 amide bonds. The number of aliphatic carboxylic acids is 1. The van der Waals surface area contributed by atoms with E-state index in [0.717, 1.165) is 24.6 Å². The standard InChI is InChI=1S/C10H18O6Si/c1-14-10(15-2)17-7-3-6-16-9(13)5-4-8(11)12/h4-5,10H,3,6-7,17H2,1-2H3,(H,11,12). The Morgan fingerprint density at radius 3 is 2.47 bits per heavy atom. The van der Waals surface area contributed by atoms with E-state index in [2.05, 4.69) is 0 Å². The summed E-state index contributed by atoms with van der Waals surface area (Å²) >= 11 is 0. The number of carbonyl (C=O) groups excluding carboxylic acids is 1. The molecule has 0 aromatic heterocycles. The molecular formula is C10H18O6Si. The van der Waals surface area contributed by atoms with Crippen molar-refractivity contribution in [2.45, 2.75) is 18.4 Å². The molecule has 0 saturated heterocycles. The molecule has 0 aromatic carbocycles. The van der Waals surface area contributed by atoms with Crippen molar-refractivity contribution in [2.75, 3.05) is 20.8 Å². The van der Waals surface area contributed by atoms with Gasteiger partial charge in [0.15, 0.2) is 0 Å². The van der Waals surface area contributed by atoms with Crippen LogP contribution in [0.4, 0.5) is 0 Å². The summed E-state index contributed by atoms with van der Waals surface area (Å²) in [4.78, 5) is 21.1. The zero-order chi connectivity index (χ0) is 13.1. The fourth-order valence-electron chi connectivity index (χ4n) is 1.11. The Hall–Kier alpha value is -1.18. The van der Waals surface area contributed by atoms with Gasteiger partial charge in [-0.3, -0.25) is 0 Å². The van der Waals surface area contributed by atoms with Gasteiger partial charge in [0.05, 0.1) is 16.1 Å². The van der Waals surface area contributed by atoms with Gasteiger partial charge in [-0.15, -0.1) is 0 Å². The largest absolute Gasteiger partial charge is 0.478 e. The molecule has 0 spiro atoms. The Morgan fingerprint density at radius 1 is 1.29 bits per heavy atom. The van der Waals surface area contributed by atoms with E-state index in [1.807, 2.05) is 0 Å². The molecule has 98 valence electrons. The van der Waals surface area contributed by atoms with Gasteiger partial charge < -0.3 is 19.3 Å². The maximum atomic E-state index is 10.9. The van der Waals surface area contributed by atoms with Gasteiger partial charge in [-0.1, -0.05) is 6.04 Å². The zero-order valence-corrected chi connectivity index (χ0v) is 11.5. The van der Waals surface area contributed by atoms with Crippen LogP contribution in [0.1, 0.15) is 6.42 Å². The van der Waals surface area contributed by atoms with Gasteiger partial charge in [-0.05, 0) is 6.42 Å². The van der Waals surface area contributed by atoms with Crippen molar-refractivity contribution >= 4 is 21.5 Å². The van der Waals surface area contributed by atoms with E-state index in [0.29, 0.717) is 0 Å². The second-order valence-corrected chi connectivity index (χ2v) is 5.19. The Bertz CT molecular complexity index is 262. The molecule has 0 heterocycles. The first-order valence-corrected chi connectivity index (χ1v) is 7.05. The van der Waals surface area contributed by atoms with Crippen LogP contribution in [0.2, 0.25) is 6.04 Å². The first kappa shape index (κ1) is 15.8. The second kappa shape index (κ2) is 10.0. The van der Waals surface area contributed by atoms with Crippen molar-refractivity contribution < 1.29 is 28.9 Å². The second-order valence-electron chi connectivity index (χ2n) is 3.24. The van der Waals surface area contributed by atoms with Crippen molar-refractivity contribution in [3.05, 3.63) is 12.2 Å². The SMILES string of the molecule is COC(OC)[SiH2]CCCOC(=O)C=CC(=O)O. The van der Waals surface area contributed by atoms with Gasteiger partial charge in [0, 0.05) is 26.4 Å². The predicted molar refractivity (Wildman–Crippen MR) is 63.5 cm³/mol. The van der Waals surface area contributed by atoms with Crippen LogP contribution in [-0.2, 0) is 23.8 Å². The molecule has 1 N–H and O–H groups in total. The number of carboxylic acids is 1. The van der Waals surface area contributed by atoms with E-state index in [1.54, 1.807) is 14.2 Å². The van der Waals surface area contributed by atoms with Crippen LogP contribution in [-0.4, -0.2) is 53.3 Å². The smallest absolute Gasteiger partial charge is 0.331 e. The first-order chi connectivity index (χ1) is 8.10. The number of hydrogen-bond donors (Lipinski definition) is 1. The maximum absolute atomic E-state index is 10.9. The highest BCUT2D eigenvalue weighted by atomic mass is 28.2. The molecular weight excluding hydrogens is 244 g/mol. The fraction of sp³-hybridized carbons (Fsp3) is 0.600. The molecule has 0 rings (SSSR count). The summed E-state index contributed by atoms with van der Waals surface area (Å²) in [6.45, 7) is 0.288. The van der Waals surface area contributed by atoms with E-state index < -0.39 is 21.5 Å². The molecule has 0 atom stereocenters. The minimum atomic E-state index is -1.17. The first-order valence-electron chi connectivity index (χ1n) is 5.23. The van der Waals surface area contributed by atoms with Crippen LogP contribution in [0.15, 0.2) is 12.2 Å². The van der Waals surface area contributed by atoms with Crippen LogP contribution in [0.25, 0.3) is 0 Å². The summed E-state index contributed by atoms with van der Waals surface area (Å²) in [7, 11) is 2.70. The number of carbonyl (C=O) groups is 2. The van der Waals surface area contributed by atoms with Crippen molar-refractivity contribution in [1.29, 1.82) is 0 Å². The summed E-state index contributed by atoms with van der Waals surface area (Å²) in [6.07, 6.45) is 2.39. The van der Waals surface area contributed by atoms with Gasteiger partial charge in [0.1, 0.15) is 5.91 Å². The van der Waals surface area contributed by atoms with E-state index in [4.69, 9.17) is 19.3 Å². The predicted octanol–water partition coefficient (Wildman–Crippen LogP) is -0.276. The Kier molecular flexibility index (Phi) is 9.31. The molecule has 6 nitrogen and oxygen atoms in total. The van der Waals surface area contributed by atoms with Gasteiger partial charge in [-0.2, -0.15) is 0 Å². The Labute approximate surface area is 102 Å². The molecule has 7 heteroatoms. The number of esters is 1. The lowest BCUT2D eigenvalue weighted by atomic mass is 10.5. The quantitative estimate of drug-likeness (QED) is 0.202. The third-order valence-corrected chi connectivity index (χ3v) is 4.01. The summed E-state index contributed by atoms with van der Waals surface area (Å²) < 4.78 is 14.9. The number of rotatable bonds is 9. The van der Waals surface area contributed by atoms with Crippen molar-refractivity contribution in [2.24, 2.45) is 0 Å². The summed E-state index contributed by atoms with van der Waals surface area (Å²) in [5, 5.41) is 8.27. The molecule has 0 radical (unpaired) electrons. The lowest BCUT2D eigenvalue weighted by molar-refractivity contribution is -0.138. The molecule has 0 aliphatic carbocycles.